The average Bonchev–Trinajstić information content (AvgIpc) is 2.67. The molecule has 1 N–H and O–H groups in total. The minimum atomic E-state index is 0.347. The van der Waals surface area contributed by atoms with Gasteiger partial charge in [0.2, 0.25) is 0 Å². The molecule has 3 aromatic carbocycles. The van der Waals surface area contributed by atoms with E-state index in [2.05, 4.69) is 113 Å². The van der Waals surface area contributed by atoms with Crippen LogP contribution in [0, 0.1) is 0 Å². The van der Waals surface area contributed by atoms with Crippen molar-refractivity contribution in [1.82, 2.24) is 5.32 Å². The van der Waals surface area contributed by atoms with Crippen molar-refractivity contribution in [2.45, 2.75) is 25.3 Å². The van der Waals surface area contributed by atoms with Crippen LogP contribution >= 0.6 is 15.9 Å². The number of hydrogen-bond donors (Lipinski definition) is 1. The molecular weight excluding hydrogens is 370 g/mol. The summed E-state index contributed by atoms with van der Waals surface area (Å²) in [5, 5.41) is 3.67. The van der Waals surface area contributed by atoms with Gasteiger partial charge >= 0.3 is 0 Å². The van der Waals surface area contributed by atoms with E-state index in [0.717, 1.165) is 17.4 Å². The first kappa shape index (κ1) is 17.9. The standard InChI is InChI=1S/C23H24BrN/c1-18(19-12-14-22(24)15-13-19)25-17-16-23(20-8-4-2-5-9-20)21-10-6-3-7-11-21/h2-15,18,23,25H,16-17H2,1H3. The Hall–Kier alpha value is -1.90. The summed E-state index contributed by atoms with van der Waals surface area (Å²) in [5.41, 5.74) is 4.08. The summed E-state index contributed by atoms with van der Waals surface area (Å²) in [4.78, 5) is 0. The van der Waals surface area contributed by atoms with Crippen LogP contribution in [0.25, 0.3) is 0 Å². The summed E-state index contributed by atoms with van der Waals surface area (Å²) in [5.74, 6) is 0.423. The smallest absolute Gasteiger partial charge is 0.0291 e. The highest BCUT2D eigenvalue weighted by molar-refractivity contribution is 9.10. The molecule has 0 aromatic heterocycles. The molecule has 0 saturated carbocycles. The maximum absolute atomic E-state index is 3.67. The second-order valence-corrected chi connectivity index (χ2v) is 7.31. The molecule has 128 valence electrons. The highest BCUT2D eigenvalue weighted by Crippen LogP contribution is 2.27. The molecule has 0 aliphatic carbocycles. The predicted molar refractivity (Wildman–Crippen MR) is 110 cm³/mol. The maximum Gasteiger partial charge on any atom is 0.0291 e. The van der Waals surface area contributed by atoms with Gasteiger partial charge in [0.25, 0.3) is 0 Å². The van der Waals surface area contributed by atoms with E-state index >= 15 is 0 Å². The number of benzene rings is 3. The largest absolute Gasteiger partial charge is 0.310 e. The van der Waals surface area contributed by atoms with Gasteiger partial charge in [-0.2, -0.15) is 0 Å². The topological polar surface area (TPSA) is 12.0 Å². The van der Waals surface area contributed by atoms with Gasteiger partial charge < -0.3 is 5.32 Å². The van der Waals surface area contributed by atoms with E-state index in [4.69, 9.17) is 0 Å². The van der Waals surface area contributed by atoms with Crippen LogP contribution in [0.5, 0.6) is 0 Å². The molecule has 0 aliphatic heterocycles. The predicted octanol–water partition coefficient (Wildman–Crippen LogP) is 6.32. The van der Waals surface area contributed by atoms with Gasteiger partial charge in [-0.1, -0.05) is 88.7 Å². The lowest BCUT2D eigenvalue weighted by Gasteiger charge is -2.20. The third-order valence-corrected chi connectivity index (χ3v) is 5.19. The molecule has 1 unspecified atom stereocenters. The molecule has 0 heterocycles. The van der Waals surface area contributed by atoms with Crippen molar-refractivity contribution >= 4 is 15.9 Å². The van der Waals surface area contributed by atoms with E-state index in [1.54, 1.807) is 0 Å². The normalized spacial score (nSPS) is 12.3. The minimum absolute atomic E-state index is 0.347. The summed E-state index contributed by atoms with van der Waals surface area (Å²) >= 11 is 3.50. The Kier molecular flexibility index (Phi) is 6.43. The van der Waals surface area contributed by atoms with Crippen molar-refractivity contribution in [2.75, 3.05) is 6.54 Å². The Morgan fingerprint density at radius 1 is 0.720 bits per heavy atom. The molecule has 1 nitrogen and oxygen atoms in total. The molecule has 3 aromatic rings. The van der Waals surface area contributed by atoms with E-state index in [1.807, 2.05) is 0 Å². The summed E-state index contributed by atoms with van der Waals surface area (Å²) in [6.45, 7) is 3.20. The third-order valence-electron chi connectivity index (χ3n) is 4.66. The Balaban J connectivity index is 1.66. The second kappa shape index (κ2) is 8.98. The van der Waals surface area contributed by atoms with Crippen molar-refractivity contribution in [1.29, 1.82) is 0 Å². The number of hydrogen-bond acceptors (Lipinski definition) is 1. The van der Waals surface area contributed by atoms with Crippen LogP contribution in [0.15, 0.2) is 89.4 Å². The van der Waals surface area contributed by atoms with Crippen LogP contribution in [0.2, 0.25) is 0 Å². The van der Waals surface area contributed by atoms with Crippen molar-refractivity contribution in [2.24, 2.45) is 0 Å². The van der Waals surface area contributed by atoms with E-state index < -0.39 is 0 Å². The number of nitrogens with one attached hydrogen (secondary N) is 1. The average molecular weight is 394 g/mol. The molecule has 2 heteroatoms. The van der Waals surface area contributed by atoms with Crippen LogP contribution in [0.3, 0.4) is 0 Å². The van der Waals surface area contributed by atoms with Crippen molar-refractivity contribution in [3.63, 3.8) is 0 Å². The number of rotatable bonds is 7. The quantitative estimate of drug-likeness (QED) is 0.494. The van der Waals surface area contributed by atoms with Gasteiger partial charge in [0.15, 0.2) is 0 Å². The Bertz CT molecular complexity index is 714. The molecular formula is C23H24BrN. The first-order chi connectivity index (χ1) is 12.2. The summed E-state index contributed by atoms with van der Waals surface area (Å²) in [7, 11) is 0. The zero-order valence-electron chi connectivity index (χ0n) is 14.5. The zero-order chi connectivity index (χ0) is 17.5. The van der Waals surface area contributed by atoms with Gasteiger partial charge in [-0.15, -0.1) is 0 Å². The van der Waals surface area contributed by atoms with Gasteiger partial charge in [0.1, 0.15) is 0 Å². The molecule has 0 saturated heterocycles. The monoisotopic (exact) mass is 393 g/mol. The fourth-order valence-corrected chi connectivity index (χ4v) is 3.47. The van der Waals surface area contributed by atoms with E-state index in [0.29, 0.717) is 12.0 Å². The molecule has 0 amide bonds. The van der Waals surface area contributed by atoms with Crippen molar-refractivity contribution in [3.8, 4) is 0 Å². The van der Waals surface area contributed by atoms with Gasteiger partial charge in [-0.25, -0.2) is 0 Å². The van der Waals surface area contributed by atoms with Gasteiger partial charge in [-0.3, -0.25) is 0 Å². The van der Waals surface area contributed by atoms with Crippen LogP contribution in [-0.4, -0.2) is 6.54 Å². The lowest BCUT2D eigenvalue weighted by molar-refractivity contribution is 0.540. The first-order valence-electron chi connectivity index (χ1n) is 8.83. The van der Waals surface area contributed by atoms with Gasteiger partial charge in [-0.05, 0) is 48.7 Å². The lowest BCUT2D eigenvalue weighted by Crippen LogP contribution is -2.21. The molecule has 0 radical (unpaired) electrons. The fraction of sp³-hybridized carbons (Fsp3) is 0.217. The summed E-state index contributed by atoms with van der Waals surface area (Å²) in [6, 6.07) is 30.5. The lowest BCUT2D eigenvalue weighted by atomic mass is 9.88. The second-order valence-electron chi connectivity index (χ2n) is 6.39. The molecule has 1 atom stereocenters. The Labute approximate surface area is 159 Å². The molecule has 0 bridgehead atoms. The van der Waals surface area contributed by atoms with Gasteiger partial charge in [0, 0.05) is 16.4 Å². The summed E-state index contributed by atoms with van der Waals surface area (Å²) in [6.07, 6.45) is 1.08. The first-order valence-corrected chi connectivity index (χ1v) is 9.62. The van der Waals surface area contributed by atoms with Crippen molar-refractivity contribution < 1.29 is 0 Å². The third kappa shape index (κ3) is 5.04. The Morgan fingerprint density at radius 3 is 1.76 bits per heavy atom. The van der Waals surface area contributed by atoms with E-state index in [-0.39, 0.29) is 0 Å². The molecule has 3 rings (SSSR count). The van der Waals surface area contributed by atoms with Crippen molar-refractivity contribution in [3.05, 3.63) is 106 Å². The zero-order valence-corrected chi connectivity index (χ0v) is 16.1. The highest BCUT2D eigenvalue weighted by Gasteiger charge is 2.14. The summed E-state index contributed by atoms with van der Waals surface area (Å²) < 4.78 is 1.12. The number of halogens is 1. The fourth-order valence-electron chi connectivity index (χ4n) is 3.21. The van der Waals surface area contributed by atoms with Crippen LogP contribution in [0.4, 0.5) is 0 Å². The maximum atomic E-state index is 3.67. The molecule has 0 aliphatic rings. The molecule has 0 spiro atoms. The van der Waals surface area contributed by atoms with E-state index in [9.17, 15) is 0 Å². The molecule has 25 heavy (non-hydrogen) atoms. The van der Waals surface area contributed by atoms with E-state index in [1.165, 1.54) is 16.7 Å². The van der Waals surface area contributed by atoms with Crippen LogP contribution in [0.1, 0.15) is 42.0 Å². The van der Waals surface area contributed by atoms with Crippen LogP contribution in [-0.2, 0) is 0 Å². The highest BCUT2D eigenvalue weighted by atomic mass is 79.9. The Morgan fingerprint density at radius 2 is 1.24 bits per heavy atom. The van der Waals surface area contributed by atoms with Gasteiger partial charge in [0.05, 0.1) is 0 Å². The SMILES string of the molecule is CC(NCCC(c1ccccc1)c1ccccc1)c1ccc(Br)cc1. The van der Waals surface area contributed by atoms with Crippen LogP contribution < -0.4 is 5.32 Å². The molecule has 0 fully saturated rings. The minimum Gasteiger partial charge on any atom is -0.310 e.